The fourth-order valence-corrected chi connectivity index (χ4v) is 1.28. The lowest BCUT2D eigenvalue weighted by Gasteiger charge is -1.91. The van der Waals surface area contributed by atoms with Gasteiger partial charge >= 0.3 is 5.97 Å². The van der Waals surface area contributed by atoms with Gasteiger partial charge < -0.3 is 10.2 Å². The Morgan fingerprint density at radius 1 is 1.33 bits per heavy atom. The largest absolute Gasteiger partial charge is 0.478 e. The molecule has 0 unspecified atom stereocenters. The van der Waals surface area contributed by atoms with Gasteiger partial charge in [-0.05, 0) is 18.2 Å². The first-order valence-corrected chi connectivity index (χ1v) is 4.40. The van der Waals surface area contributed by atoms with Crippen LogP contribution in [0.15, 0.2) is 18.2 Å². The number of fused-ring (bicyclic) bond motifs is 1. The summed E-state index contributed by atoms with van der Waals surface area (Å²) in [7, 11) is 0. The topological polar surface area (TPSA) is 88.2 Å². The number of hydrogen-bond acceptors (Lipinski definition) is 4. The quantitative estimate of drug-likeness (QED) is 0.746. The van der Waals surface area contributed by atoms with Gasteiger partial charge in [-0.1, -0.05) is 0 Å². The van der Waals surface area contributed by atoms with Crippen LogP contribution in [0.25, 0.3) is 11.0 Å². The number of benzene rings is 1. The van der Waals surface area contributed by atoms with Crippen LogP contribution >= 0.6 is 0 Å². The molecule has 0 fully saturated rings. The van der Waals surface area contributed by atoms with E-state index in [1.54, 1.807) is 6.07 Å². The molecule has 6 nitrogen and oxygen atoms in total. The number of aromatic nitrogens is 3. The van der Waals surface area contributed by atoms with Crippen molar-refractivity contribution in [3.63, 3.8) is 0 Å². The van der Waals surface area contributed by atoms with Crippen LogP contribution in [0.4, 0.5) is 0 Å². The number of hydrogen-bond donors (Lipinski definition) is 2. The van der Waals surface area contributed by atoms with Gasteiger partial charge in [0, 0.05) is 0 Å². The molecule has 0 bridgehead atoms. The lowest BCUT2D eigenvalue weighted by Crippen LogP contribution is -2.05. The molecule has 0 saturated carbocycles. The molecule has 15 heavy (non-hydrogen) atoms. The van der Waals surface area contributed by atoms with Gasteiger partial charge in [-0.2, -0.15) is 15.0 Å². The van der Waals surface area contributed by atoms with Gasteiger partial charge in [0.05, 0.1) is 18.7 Å². The summed E-state index contributed by atoms with van der Waals surface area (Å²) in [5, 5.41) is 25.5. The maximum atomic E-state index is 10.7. The molecule has 1 aromatic heterocycles. The van der Waals surface area contributed by atoms with Gasteiger partial charge in [-0.3, -0.25) is 0 Å². The summed E-state index contributed by atoms with van der Waals surface area (Å²) < 4.78 is 0. The Morgan fingerprint density at radius 3 is 2.73 bits per heavy atom. The summed E-state index contributed by atoms with van der Waals surface area (Å²) in [5.41, 5.74) is 1.32. The highest BCUT2D eigenvalue weighted by atomic mass is 16.4. The van der Waals surface area contributed by atoms with Crippen molar-refractivity contribution < 1.29 is 15.0 Å². The Morgan fingerprint density at radius 2 is 2.07 bits per heavy atom. The van der Waals surface area contributed by atoms with Crippen molar-refractivity contribution in [1.29, 1.82) is 0 Å². The molecule has 0 spiro atoms. The van der Waals surface area contributed by atoms with E-state index in [4.69, 9.17) is 10.2 Å². The van der Waals surface area contributed by atoms with Crippen molar-refractivity contribution in [2.45, 2.75) is 6.54 Å². The number of aliphatic hydroxyl groups excluding tert-OH is 1. The highest BCUT2D eigenvalue weighted by Gasteiger charge is 2.07. The summed E-state index contributed by atoms with van der Waals surface area (Å²) in [5.74, 6) is -0.992. The van der Waals surface area contributed by atoms with E-state index >= 15 is 0 Å². The summed E-state index contributed by atoms with van der Waals surface area (Å²) in [6.07, 6.45) is 0. The molecule has 1 heterocycles. The molecule has 2 aromatic rings. The summed E-state index contributed by atoms with van der Waals surface area (Å²) in [6, 6.07) is 4.53. The Hall–Kier alpha value is -1.95. The minimum absolute atomic E-state index is 0.0488. The molecule has 0 aliphatic carbocycles. The van der Waals surface area contributed by atoms with Gasteiger partial charge in [0.2, 0.25) is 0 Å². The molecular formula is C9H9N3O3. The third kappa shape index (κ3) is 1.79. The van der Waals surface area contributed by atoms with E-state index in [1.807, 2.05) is 0 Å². The fourth-order valence-electron chi connectivity index (χ4n) is 1.28. The van der Waals surface area contributed by atoms with Gasteiger partial charge in [0.25, 0.3) is 0 Å². The van der Waals surface area contributed by atoms with Crippen LogP contribution in [0.3, 0.4) is 0 Å². The second-order valence-corrected chi connectivity index (χ2v) is 3.03. The van der Waals surface area contributed by atoms with Crippen LogP contribution in [0, 0.1) is 0 Å². The normalized spacial score (nSPS) is 10.7. The Bertz CT molecular complexity index is 506. The number of aliphatic hydroxyl groups is 1. The number of carboxylic acids is 1. The van der Waals surface area contributed by atoms with E-state index in [0.717, 1.165) is 0 Å². The number of aromatic carboxylic acids is 1. The molecule has 0 saturated heterocycles. The highest BCUT2D eigenvalue weighted by molar-refractivity contribution is 5.91. The number of nitrogens with zero attached hydrogens (tertiary/aromatic N) is 3. The molecule has 0 aliphatic rings. The van der Waals surface area contributed by atoms with Crippen LogP contribution in [-0.4, -0.2) is 37.8 Å². The number of carboxylic acid groups (broad SMARTS) is 1. The zero-order valence-electron chi connectivity index (χ0n) is 7.79. The standard InChI is InChI=1S/C9H9N3O3/c13-4-3-12-10-7-2-1-6(9(14)15)5-8(7)11-12/h1-2,5,13H,3-4H2,(H,14,15). The first-order chi connectivity index (χ1) is 7.20. The zero-order chi connectivity index (χ0) is 10.8. The molecule has 0 radical (unpaired) electrons. The minimum atomic E-state index is -0.992. The van der Waals surface area contributed by atoms with Gasteiger partial charge in [-0.15, -0.1) is 0 Å². The molecule has 0 atom stereocenters. The van der Waals surface area contributed by atoms with E-state index < -0.39 is 5.97 Å². The highest BCUT2D eigenvalue weighted by Crippen LogP contribution is 2.11. The monoisotopic (exact) mass is 207 g/mol. The Kier molecular flexibility index (Phi) is 2.34. The average molecular weight is 207 g/mol. The van der Waals surface area contributed by atoms with Crippen molar-refractivity contribution in [3.8, 4) is 0 Å². The third-order valence-electron chi connectivity index (χ3n) is 1.97. The van der Waals surface area contributed by atoms with Crippen molar-refractivity contribution >= 4 is 17.0 Å². The van der Waals surface area contributed by atoms with E-state index in [0.29, 0.717) is 17.6 Å². The van der Waals surface area contributed by atoms with Crippen LogP contribution < -0.4 is 0 Å². The van der Waals surface area contributed by atoms with Crippen LogP contribution in [0.5, 0.6) is 0 Å². The first kappa shape index (κ1) is 9.60. The second kappa shape index (κ2) is 3.66. The zero-order valence-corrected chi connectivity index (χ0v) is 7.79. The molecule has 0 aliphatic heterocycles. The van der Waals surface area contributed by atoms with Crippen LogP contribution in [-0.2, 0) is 6.54 Å². The van der Waals surface area contributed by atoms with Crippen LogP contribution in [0.2, 0.25) is 0 Å². The maximum Gasteiger partial charge on any atom is 0.335 e. The van der Waals surface area contributed by atoms with E-state index in [9.17, 15) is 4.79 Å². The number of carbonyl (C=O) groups is 1. The van der Waals surface area contributed by atoms with E-state index in [-0.39, 0.29) is 12.2 Å². The third-order valence-corrected chi connectivity index (χ3v) is 1.97. The molecule has 6 heteroatoms. The summed E-state index contributed by atoms with van der Waals surface area (Å²) in [4.78, 5) is 12.0. The first-order valence-electron chi connectivity index (χ1n) is 4.40. The van der Waals surface area contributed by atoms with Crippen molar-refractivity contribution in [2.75, 3.05) is 6.61 Å². The van der Waals surface area contributed by atoms with Gasteiger partial charge in [0.1, 0.15) is 11.0 Å². The van der Waals surface area contributed by atoms with Gasteiger partial charge in [0.15, 0.2) is 0 Å². The molecule has 78 valence electrons. The van der Waals surface area contributed by atoms with Crippen molar-refractivity contribution in [3.05, 3.63) is 23.8 Å². The van der Waals surface area contributed by atoms with Crippen molar-refractivity contribution in [2.24, 2.45) is 0 Å². The van der Waals surface area contributed by atoms with E-state index in [1.165, 1.54) is 16.9 Å². The number of rotatable bonds is 3. The fraction of sp³-hybridized carbons (Fsp3) is 0.222. The van der Waals surface area contributed by atoms with E-state index in [2.05, 4.69) is 10.2 Å². The molecular weight excluding hydrogens is 198 g/mol. The van der Waals surface area contributed by atoms with Gasteiger partial charge in [-0.25, -0.2) is 4.79 Å². The smallest absolute Gasteiger partial charge is 0.335 e. The Labute approximate surface area is 84.8 Å². The summed E-state index contributed by atoms with van der Waals surface area (Å²) in [6.45, 7) is 0.254. The SMILES string of the molecule is O=C(O)c1ccc2nn(CCO)nc2c1. The lowest BCUT2D eigenvalue weighted by atomic mass is 10.2. The molecule has 2 rings (SSSR count). The van der Waals surface area contributed by atoms with Crippen LogP contribution in [0.1, 0.15) is 10.4 Å². The second-order valence-electron chi connectivity index (χ2n) is 3.03. The minimum Gasteiger partial charge on any atom is -0.478 e. The molecule has 1 aromatic carbocycles. The molecule has 0 amide bonds. The Balaban J connectivity index is 2.47. The predicted octanol–water partition coefficient (Wildman–Crippen LogP) is 0.122. The predicted molar refractivity (Wildman–Crippen MR) is 51.6 cm³/mol. The molecule has 2 N–H and O–H groups in total. The summed E-state index contributed by atoms with van der Waals surface area (Å²) >= 11 is 0. The average Bonchev–Trinajstić information content (AvgIpc) is 2.59. The van der Waals surface area contributed by atoms with Crippen molar-refractivity contribution in [1.82, 2.24) is 15.0 Å². The lowest BCUT2D eigenvalue weighted by molar-refractivity contribution is 0.0697. The maximum absolute atomic E-state index is 10.7.